The maximum absolute atomic E-state index is 10.4. The van der Waals surface area contributed by atoms with E-state index in [4.69, 9.17) is 9.84 Å². The Labute approximate surface area is 139 Å². The van der Waals surface area contributed by atoms with Gasteiger partial charge in [0, 0.05) is 6.42 Å². The maximum Gasteiger partial charge on any atom is 0.303 e. The molecule has 1 saturated heterocycles. The van der Waals surface area contributed by atoms with Crippen molar-refractivity contribution < 1.29 is 14.6 Å². The third kappa shape index (κ3) is 11.4. The molecule has 3 nitrogen and oxygen atoms in total. The minimum Gasteiger partial charge on any atom is -0.481 e. The van der Waals surface area contributed by atoms with E-state index in [-0.39, 0.29) is 18.6 Å². The van der Waals surface area contributed by atoms with Crippen LogP contribution in [0.5, 0.6) is 0 Å². The molecule has 0 aromatic rings. The molecule has 1 rings (SSSR count). The van der Waals surface area contributed by atoms with Gasteiger partial charge in [-0.05, 0) is 32.1 Å². The minimum atomic E-state index is -0.736. The number of carboxylic acids is 1. The molecule has 0 aromatic carbocycles. The van der Waals surface area contributed by atoms with Crippen LogP contribution in [0.15, 0.2) is 60.8 Å². The smallest absolute Gasteiger partial charge is 0.303 e. The van der Waals surface area contributed by atoms with Crippen molar-refractivity contribution in [2.75, 3.05) is 0 Å². The zero-order valence-electron chi connectivity index (χ0n) is 13.9. The Morgan fingerprint density at radius 1 is 1.00 bits per heavy atom. The highest BCUT2D eigenvalue weighted by Crippen LogP contribution is 2.28. The van der Waals surface area contributed by atoms with Crippen LogP contribution in [0.1, 0.15) is 45.4 Å². The Kier molecular flexibility index (Phi) is 10.5. The summed E-state index contributed by atoms with van der Waals surface area (Å²) in [5.74, 6) is -0.736. The molecule has 0 aliphatic carbocycles. The third-order valence-corrected chi connectivity index (χ3v) is 3.38. The van der Waals surface area contributed by atoms with Crippen LogP contribution in [0.2, 0.25) is 0 Å². The van der Waals surface area contributed by atoms with Gasteiger partial charge < -0.3 is 9.84 Å². The van der Waals surface area contributed by atoms with E-state index in [9.17, 15) is 4.79 Å². The van der Waals surface area contributed by atoms with Crippen LogP contribution in [-0.4, -0.2) is 23.3 Å². The fourth-order valence-corrected chi connectivity index (χ4v) is 2.08. The summed E-state index contributed by atoms with van der Waals surface area (Å²) in [7, 11) is 0. The van der Waals surface area contributed by atoms with Crippen LogP contribution >= 0.6 is 0 Å². The van der Waals surface area contributed by atoms with Gasteiger partial charge in [-0.3, -0.25) is 4.79 Å². The molecule has 1 fully saturated rings. The second-order valence-corrected chi connectivity index (χ2v) is 5.45. The van der Waals surface area contributed by atoms with Gasteiger partial charge in [0.15, 0.2) is 0 Å². The predicted molar refractivity (Wildman–Crippen MR) is 95.4 cm³/mol. The van der Waals surface area contributed by atoms with Gasteiger partial charge in [0.05, 0.1) is 6.10 Å². The molecule has 2 atom stereocenters. The van der Waals surface area contributed by atoms with Gasteiger partial charge in [0.2, 0.25) is 0 Å². The van der Waals surface area contributed by atoms with Gasteiger partial charge in [-0.2, -0.15) is 0 Å². The summed E-state index contributed by atoms with van der Waals surface area (Å²) in [5, 5.41) is 8.56. The summed E-state index contributed by atoms with van der Waals surface area (Å²) in [6.07, 6.45) is 26.0. The zero-order chi connectivity index (χ0) is 16.8. The average molecular weight is 316 g/mol. The number of ether oxygens (including phenoxy) is 1. The second kappa shape index (κ2) is 12.7. The van der Waals surface area contributed by atoms with Crippen molar-refractivity contribution in [3.63, 3.8) is 0 Å². The lowest BCUT2D eigenvalue weighted by molar-refractivity contribution is -0.137. The molecule has 3 heteroatoms. The molecule has 1 aliphatic heterocycles. The van der Waals surface area contributed by atoms with Crippen molar-refractivity contribution in [2.45, 2.75) is 57.7 Å². The number of rotatable bonds is 12. The molecule has 126 valence electrons. The lowest BCUT2D eigenvalue weighted by atomic mass is 10.1. The Morgan fingerprint density at radius 2 is 1.70 bits per heavy atom. The van der Waals surface area contributed by atoms with Crippen molar-refractivity contribution in [3.8, 4) is 0 Å². The molecule has 0 amide bonds. The van der Waals surface area contributed by atoms with Crippen molar-refractivity contribution in [2.24, 2.45) is 0 Å². The second-order valence-electron chi connectivity index (χ2n) is 5.45. The van der Waals surface area contributed by atoms with Crippen LogP contribution in [-0.2, 0) is 9.53 Å². The summed E-state index contributed by atoms with van der Waals surface area (Å²) >= 11 is 0. The van der Waals surface area contributed by atoms with Crippen molar-refractivity contribution >= 4 is 5.97 Å². The fraction of sp³-hybridized carbons (Fsp3) is 0.450. The number of aliphatic carboxylic acids is 1. The molecule has 0 radical (unpaired) electrons. The lowest BCUT2D eigenvalue weighted by Gasteiger charge is -1.91. The van der Waals surface area contributed by atoms with Crippen LogP contribution in [0, 0.1) is 0 Å². The Morgan fingerprint density at radius 3 is 2.43 bits per heavy atom. The van der Waals surface area contributed by atoms with Crippen LogP contribution in [0.3, 0.4) is 0 Å². The van der Waals surface area contributed by atoms with E-state index < -0.39 is 5.97 Å². The third-order valence-electron chi connectivity index (χ3n) is 3.38. The normalized spacial score (nSPS) is 21.6. The zero-order valence-corrected chi connectivity index (χ0v) is 13.9. The highest BCUT2D eigenvalue weighted by molar-refractivity contribution is 5.66. The van der Waals surface area contributed by atoms with E-state index in [1.807, 2.05) is 30.4 Å². The minimum absolute atomic E-state index is 0.163. The lowest BCUT2D eigenvalue weighted by Crippen LogP contribution is -1.97. The molecule has 0 bridgehead atoms. The van der Waals surface area contributed by atoms with Gasteiger partial charge in [-0.25, -0.2) is 0 Å². The Bertz CT molecular complexity index is 469. The Balaban J connectivity index is 2.02. The molecule has 0 spiro atoms. The number of epoxide rings is 1. The largest absolute Gasteiger partial charge is 0.481 e. The van der Waals surface area contributed by atoms with E-state index in [0.717, 1.165) is 25.7 Å². The summed E-state index contributed by atoms with van der Waals surface area (Å²) < 4.78 is 5.45. The molecule has 1 aliphatic rings. The first-order valence-electron chi connectivity index (χ1n) is 8.41. The SMILES string of the molecule is CC/C=C\C/C=C\C\C=C/C=C/C=C/[C@@H]1O[C@H]1CCCC(=O)O. The summed E-state index contributed by atoms with van der Waals surface area (Å²) in [5.41, 5.74) is 0. The highest BCUT2D eigenvalue weighted by atomic mass is 16.6. The van der Waals surface area contributed by atoms with E-state index in [0.29, 0.717) is 6.42 Å². The first kappa shape index (κ1) is 19.2. The molecule has 0 saturated carbocycles. The quantitative estimate of drug-likeness (QED) is 0.314. The van der Waals surface area contributed by atoms with E-state index >= 15 is 0 Å². The van der Waals surface area contributed by atoms with Crippen molar-refractivity contribution in [3.05, 3.63) is 60.8 Å². The van der Waals surface area contributed by atoms with Crippen LogP contribution < -0.4 is 0 Å². The van der Waals surface area contributed by atoms with E-state index in [1.165, 1.54) is 0 Å². The first-order valence-corrected chi connectivity index (χ1v) is 8.41. The highest BCUT2D eigenvalue weighted by Gasteiger charge is 2.35. The van der Waals surface area contributed by atoms with E-state index in [1.54, 1.807) is 0 Å². The van der Waals surface area contributed by atoms with Gasteiger partial charge in [0.1, 0.15) is 6.10 Å². The number of carbonyl (C=O) groups is 1. The summed E-state index contributed by atoms with van der Waals surface area (Å²) in [4.78, 5) is 10.4. The fourth-order valence-electron chi connectivity index (χ4n) is 2.08. The van der Waals surface area contributed by atoms with E-state index in [2.05, 4.69) is 37.3 Å². The average Bonchev–Trinajstić information content (AvgIpc) is 3.26. The molecule has 1 heterocycles. The summed E-state index contributed by atoms with van der Waals surface area (Å²) in [6, 6.07) is 0. The van der Waals surface area contributed by atoms with Crippen molar-refractivity contribution in [1.82, 2.24) is 0 Å². The standard InChI is InChI=1S/C20H28O3/c1-2-3-4-5-6-7-8-9-10-11-12-13-15-18-19(23-18)16-14-17-20(21)22/h3-4,6-7,9-13,15,18-19H,2,5,8,14,16-17H2,1H3,(H,21,22)/b4-3-,7-6-,10-9-,12-11+,15-13+/t18-,19-/m0/s1. The van der Waals surface area contributed by atoms with Gasteiger partial charge in [-0.1, -0.05) is 67.7 Å². The maximum atomic E-state index is 10.4. The topological polar surface area (TPSA) is 49.8 Å². The number of hydrogen-bond donors (Lipinski definition) is 1. The Hall–Kier alpha value is -1.87. The monoisotopic (exact) mass is 316 g/mol. The van der Waals surface area contributed by atoms with Crippen molar-refractivity contribution in [1.29, 1.82) is 0 Å². The molecule has 23 heavy (non-hydrogen) atoms. The number of allylic oxidation sites excluding steroid dienone is 9. The molecule has 0 unspecified atom stereocenters. The summed E-state index contributed by atoms with van der Waals surface area (Å²) in [6.45, 7) is 2.14. The molecule has 0 aromatic heterocycles. The number of carboxylic acid groups (broad SMARTS) is 1. The first-order chi connectivity index (χ1) is 11.2. The molecular formula is C20H28O3. The van der Waals surface area contributed by atoms with Crippen LogP contribution in [0.25, 0.3) is 0 Å². The van der Waals surface area contributed by atoms with Gasteiger partial charge in [0.25, 0.3) is 0 Å². The molecular weight excluding hydrogens is 288 g/mol. The molecule has 1 N–H and O–H groups in total. The van der Waals surface area contributed by atoms with Gasteiger partial charge >= 0.3 is 5.97 Å². The van der Waals surface area contributed by atoms with Gasteiger partial charge in [-0.15, -0.1) is 0 Å². The predicted octanol–water partition coefficient (Wildman–Crippen LogP) is 4.98. The number of hydrogen-bond acceptors (Lipinski definition) is 2. The van der Waals surface area contributed by atoms with Crippen LogP contribution in [0.4, 0.5) is 0 Å².